The summed E-state index contributed by atoms with van der Waals surface area (Å²) in [4.78, 5) is 18.3. The van der Waals surface area contributed by atoms with Crippen molar-refractivity contribution in [1.29, 1.82) is 0 Å². The third kappa shape index (κ3) is 6.01. The molecular weight excluding hydrogens is 496 g/mol. The molecule has 0 radical (unpaired) electrons. The van der Waals surface area contributed by atoms with Crippen LogP contribution in [0.5, 0.6) is 11.5 Å². The number of pyridine rings is 1. The molecule has 0 amide bonds. The first kappa shape index (κ1) is 26.2. The molecule has 202 valence electrons. The number of fused-ring (bicyclic) bond motifs is 1. The summed E-state index contributed by atoms with van der Waals surface area (Å²) >= 11 is 0. The van der Waals surface area contributed by atoms with Crippen LogP contribution >= 0.6 is 0 Å². The van der Waals surface area contributed by atoms with Gasteiger partial charge >= 0.3 is 0 Å². The van der Waals surface area contributed by atoms with Crippen LogP contribution in [0.15, 0.2) is 76.1 Å². The van der Waals surface area contributed by atoms with Crippen molar-refractivity contribution in [3.05, 3.63) is 100.0 Å². The average Bonchev–Trinajstić information content (AvgIpc) is 3.63. The second-order valence-corrected chi connectivity index (χ2v) is 9.26. The van der Waals surface area contributed by atoms with Crippen molar-refractivity contribution in [3.63, 3.8) is 0 Å². The number of rotatable bonds is 12. The number of furan rings is 1. The van der Waals surface area contributed by atoms with Gasteiger partial charge in [0.1, 0.15) is 17.3 Å². The van der Waals surface area contributed by atoms with E-state index >= 15 is 0 Å². The smallest absolute Gasteiger partial charge is 0.252 e. The van der Waals surface area contributed by atoms with E-state index in [1.165, 1.54) is 0 Å². The van der Waals surface area contributed by atoms with Gasteiger partial charge in [-0.05, 0) is 77.9 Å². The molecule has 0 aliphatic rings. The first-order valence-electron chi connectivity index (χ1n) is 13.0. The minimum Gasteiger partial charge on any atom is -0.497 e. The molecule has 0 fully saturated rings. The summed E-state index contributed by atoms with van der Waals surface area (Å²) in [5.41, 5.74) is 2.31. The molecular formula is C29H32N6O4. The molecule has 3 heterocycles. The molecule has 5 aromatic rings. The molecule has 1 atom stereocenters. The number of nitrogens with zero attached hydrogens (tertiary/aromatic N) is 5. The second kappa shape index (κ2) is 12.0. The molecule has 0 saturated heterocycles. The lowest BCUT2D eigenvalue weighted by Crippen LogP contribution is -2.32. The van der Waals surface area contributed by atoms with Crippen molar-refractivity contribution in [1.82, 2.24) is 30.1 Å². The van der Waals surface area contributed by atoms with Crippen molar-refractivity contribution < 1.29 is 13.9 Å². The number of aromatic nitrogens is 5. The maximum Gasteiger partial charge on any atom is 0.252 e. The Labute approximate surface area is 226 Å². The van der Waals surface area contributed by atoms with Crippen LogP contribution in [0.3, 0.4) is 0 Å². The second-order valence-electron chi connectivity index (χ2n) is 9.26. The molecule has 0 aliphatic heterocycles. The summed E-state index contributed by atoms with van der Waals surface area (Å²) in [7, 11) is 1.65. The number of hydrogen-bond acceptors (Lipinski definition) is 8. The monoisotopic (exact) mass is 528 g/mol. The molecule has 3 aromatic heterocycles. The summed E-state index contributed by atoms with van der Waals surface area (Å²) in [6.45, 7) is 5.97. The van der Waals surface area contributed by atoms with E-state index in [9.17, 15) is 4.79 Å². The Hall–Kier alpha value is -4.44. The van der Waals surface area contributed by atoms with Crippen molar-refractivity contribution >= 4 is 10.9 Å². The lowest BCUT2D eigenvalue weighted by atomic mass is 10.1. The van der Waals surface area contributed by atoms with E-state index in [4.69, 9.17) is 13.9 Å². The highest BCUT2D eigenvalue weighted by Gasteiger charge is 2.27. The van der Waals surface area contributed by atoms with Crippen LogP contribution in [-0.4, -0.2) is 43.8 Å². The Bertz CT molecular complexity index is 1560. The predicted molar refractivity (Wildman–Crippen MR) is 147 cm³/mol. The van der Waals surface area contributed by atoms with Crippen LogP contribution in [0.2, 0.25) is 0 Å². The maximum absolute atomic E-state index is 13.1. The van der Waals surface area contributed by atoms with Gasteiger partial charge in [0.05, 0.1) is 39.1 Å². The topological polar surface area (TPSA) is 111 Å². The molecule has 1 N–H and O–H groups in total. The number of benzene rings is 2. The molecule has 0 unspecified atom stereocenters. The van der Waals surface area contributed by atoms with Gasteiger partial charge in [-0.15, -0.1) is 5.10 Å². The molecule has 0 spiro atoms. The fourth-order valence-corrected chi connectivity index (χ4v) is 4.77. The van der Waals surface area contributed by atoms with Crippen LogP contribution in [-0.2, 0) is 19.6 Å². The van der Waals surface area contributed by atoms with Crippen molar-refractivity contribution in [2.45, 2.75) is 45.9 Å². The number of ether oxygens (including phenoxy) is 2. The van der Waals surface area contributed by atoms with Gasteiger partial charge in [-0.1, -0.05) is 19.1 Å². The van der Waals surface area contributed by atoms with E-state index in [0.717, 1.165) is 46.0 Å². The van der Waals surface area contributed by atoms with Crippen LogP contribution in [0.1, 0.15) is 49.0 Å². The van der Waals surface area contributed by atoms with Crippen LogP contribution in [0.4, 0.5) is 0 Å². The summed E-state index contributed by atoms with van der Waals surface area (Å²) in [5, 5.41) is 13.6. The standard InChI is InChI=1S/C29H32N6O4/c1-4-27(28-31-32-33-35(28)17-20-8-10-23(37-3)11-9-20)34(19-25-7-6-14-39-25)18-22-15-21-16-24(38-5-2)12-13-26(21)30-29(22)36/h6-16,27H,4-5,17-19H2,1-3H3,(H,30,36)/t27-/m1/s1. The number of methoxy groups -OCH3 is 1. The van der Waals surface area contributed by atoms with Crippen molar-refractivity contribution in [3.8, 4) is 11.5 Å². The maximum atomic E-state index is 13.1. The van der Waals surface area contributed by atoms with E-state index in [2.05, 4.69) is 32.3 Å². The minimum atomic E-state index is -0.173. The van der Waals surface area contributed by atoms with Gasteiger partial charge in [0.2, 0.25) is 0 Å². The molecule has 0 aliphatic carbocycles. The highest BCUT2D eigenvalue weighted by molar-refractivity contribution is 5.80. The largest absolute Gasteiger partial charge is 0.497 e. The lowest BCUT2D eigenvalue weighted by Gasteiger charge is -2.29. The highest BCUT2D eigenvalue weighted by Crippen LogP contribution is 2.28. The Morgan fingerprint density at radius 3 is 2.59 bits per heavy atom. The third-order valence-corrected chi connectivity index (χ3v) is 6.69. The van der Waals surface area contributed by atoms with E-state index < -0.39 is 0 Å². The molecule has 39 heavy (non-hydrogen) atoms. The summed E-state index contributed by atoms with van der Waals surface area (Å²) in [6, 6.07) is 19.1. The fourth-order valence-electron chi connectivity index (χ4n) is 4.77. The van der Waals surface area contributed by atoms with Crippen LogP contribution in [0.25, 0.3) is 10.9 Å². The zero-order valence-corrected chi connectivity index (χ0v) is 22.3. The average molecular weight is 529 g/mol. The van der Waals surface area contributed by atoms with Gasteiger partial charge in [0, 0.05) is 23.0 Å². The number of H-pyrrole nitrogens is 1. The third-order valence-electron chi connectivity index (χ3n) is 6.69. The fraction of sp³-hybridized carbons (Fsp3) is 0.310. The Balaban J connectivity index is 1.48. The van der Waals surface area contributed by atoms with Gasteiger partial charge in [-0.3, -0.25) is 9.69 Å². The summed E-state index contributed by atoms with van der Waals surface area (Å²) < 4.78 is 18.4. The van der Waals surface area contributed by atoms with Crippen LogP contribution in [0, 0.1) is 0 Å². The highest BCUT2D eigenvalue weighted by atomic mass is 16.5. The van der Waals surface area contributed by atoms with Gasteiger partial charge in [-0.2, -0.15) is 0 Å². The first-order chi connectivity index (χ1) is 19.1. The quantitative estimate of drug-likeness (QED) is 0.248. The minimum absolute atomic E-state index is 0.135. The summed E-state index contributed by atoms with van der Waals surface area (Å²) in [5.74, 6) is 3.06. The van der Waals surface area contributed by atoms with Crippen molar-refractivity contribution in [2.75, 3.05) is 13.7 Å². The van der Waals surface area contributed by atoms with E-state index in [-0.39, 0.29) is 11.6 Å². The SMILES string of the molecule is CCOc1ccc2[nH]c(=O)c(CN(Cc3ccco3)[C@H](CC)c3nnnn3Cc3ccc(OC)cc3)cc2c1. The molecule has 5 rings (SSSR count). The Morgan fingerprint density at radius 2 is 1.87 bits per heavy atom. The molecule has 10 nitrogen and oxygen atoms in total. The van der Waals surface area contributed by atoms with Crippen molar-refractivity contribution in [2.24, 2.45) is 0 Å². The number of hydrogen-bond donors (Lipinski definition) is 1. The zero-order valence-electron chi connectivity index (χ0n) is 22.3. The van der Waals surface area contributed by atoms with Gasteiger partial charge in [-0.25, -0.2) is 4.68 Å². The number of tetrazole rings is 1. The van der Waals surface area contributed by atoms with E-state index in [1.54, 1.807) is 13.4 Å². The van der Waals surface area contributed by atoms with Gasteiger partial charge in [0.25, 0.3) is 5.56 Å². The van der Waals surface area contributed by atoms with Crippen LogP contribution < -0.4 is 15.0 Å². The predicted octanol–water partition coefficient (Wildman–Crippen LogP) is 4.72. The van der Waals surface area contributed by atoms with Gasteiger partial charge in [0.15, 0.2) is 5.82 Å². The first-order valence-corrected chi connectivity index (χ1v) is 13.0. The van der Waals surface area contributed by atoms with Gasteiger partial charge < -0.3 is 18.9 Å². The number of aromatic amines is 1. The molecule has 0 saturated carbocycles. The molecule has 0 bridgehead atoms. The molecule has 10 heteroatoms. The Kier molecular flexibility index (Phi) is 8.02. The lowest BCUT2D eigenvalue weighted by molar-refractivity contribution is 0.149. The Morgan fingerprint density at radius 1 is 1.05 bits per heavy atom. The van der Waals surface area contributed by atoms with E-state index in [0.29, 0.717) is 31.8 Å². The summed E-state index contributed by atoms with van der Waals surface area (Å²) in [6.07, 6.45) is 2.38. The zero-order chi connectivity index (χ0) is 27.2. The normalized spacial score (nSPS) is 12.2. The number of nitrogens with one attached hydrogen (secondary N) is 1. The van der Waals surface area contributed by atoms with E-state index in [1.807, 2.05) is 72.3 Å². The molecule has 2 aromatic carbocycles.